The van der Waals surface area contributed by atoms with E-state index in [4.69, 9.17) is 5.11 Å². The van der Waals surface area contributed by atoms with Gasteiger partial charge in [0.2, 0.25) is 0 Å². The number of sulfone groups is 1. The molecule has 0 aliphatic heterocycles. The quantitative estimate of drug-likeness (QED) is 0.874. The summed E-state index contributed by atoms with van der Waals surface area (Å²) in [6.45, 7) is 4.30. The van der Waals surface area contributed by atoms with Crippen LogP contribution in [-0.2, 0) is 9.84 Å². The maximum absolute atomic E-state index is 11.3. The maximum atomic E-state index is 11.3. The van der Waals surface area contributed by atoms with Gasteiger partial charge in [-0.3, -0.25) is 0 Å². The molecule has 0 saturated heterocycles. The van der Waals surface area contributed by atoms with Crippen LogP contribution in [0.3, 0.4) is 0 Å². The molecule has 0 aliphatic rings. The third-order valence-electron chi connectivity index (χ3n) is 2.72. The van der Waals surface area contributed by atoms with E-state index < -0.39 is 9.84 Å². The number of thioether (sulfide) groups is 1. The first-order valence-corrected chi connectivity index (χ1v) is 8.81. The van der Waals surface area contributed by atoms with Crippen LogP contribution in [0.15, 0.2) is 29.2 Å². The van der Waals surface area contributed by atoms with Gasteiger partial charge in [0.1, 0.15) is 0 Å². The number of hydrogen-bond acceptors (Lipinski definition) is 4. The molecule has 0 unspecified atom stereocenters. The summed E-state index contributed by atoms with van der Waals surface area (Å²) < 4.78 is 22.7. The van der Waals surface area contributed by atoms with Crippen molar-refractivity contribution in [3.8, 4) is 0 Å². The highest BCUT2D eigenvalue weighted by atomic mass is 32.2. The van der Waals surface area contributed by atoms with Gasteiger partial charge in [-0.25, -0.2) is 8.42 Å². The lowest BCUT2D eigenvalue weighted by molar-refractivity contribution is 0.250. The van der Waals surface area contributed by atoms with Crippen LogP contribution in [0.1, 0.15) is 24.7 Å². The third kappa shape index (κ3) is 4.63. The van der Waals surface area contributed by atoms with Gasteiger partial charge in [0.25, 0.3) is 0 Å². The van der Waals surface area contributed by atoms with Gasteiger partial charge >= 0.3 is 0 Å². The third-order valence-corrected chi connectivity index (χ3v) is 5.38. The Labute approximate surface area is 114 Å². The molecule has 1 aromatic carbocycles. The number of rotatable bonds is 6. The second-order valence-electron chi connectivity index (χ2n) is 4.60. The largest absolute Gasteiger partial charge is 0.396 e. The molecule has 3 nitrogen and oxygen atoms in total. The highest BCUT2D eigenvalue weighted by Gasteiger charge is 2.11. The number of benzene rings is 1. The van der Waals surface area contributed by atoms with Gasteiger partial charge in [0.05, 0.1) is 4.90 Å². The molecule has 0 aliphatic carbocycles. The average molecular weight is 288 g/mol. The Bertz CT molecular complexity index is 466. The summed E-state index contributed by atoms with van der Waals surface area (Å²) in [6, 6.07) is 7.02. The molecular formula is C13H20O3S2. The minimum atomic E-state index is -3.11. The van der Waals surface area contributed by atoms with Gasteiger partial charge < -0.3 is 5.11 Å². The van der Waals surface area contributed by atoms with E-state index in [9.17, 15) is 8.42 Å². The van der Waals surface area contributed by atoms with E-state index in [1.165, 1.54) is 6.26 Å². The molecule has 102 valence electrons. The van der Waals surface area contributed by atoms with Crippen molar-refractivity contribution in [1.29, 1.82) is 0 Å². The molecule has 0 fully saturated rings. The highest BCUT2D eigenvalue weighted by Crippen LogP contribution is 2.30. The molecule has 0 spiro atoms. The van der Waals surface area contributed by atoms with E-state index in [0.29, 0.717) is 10.1 Å². The zero-order valence-electron chi connectivity index (χ0n) is 11.0. The van der Waals surface area contributed by atoms with Crippen molar-refractivity contribution in [3.63, 3.8) is 0 Å². The van der Waals surface area contributed by atoms with Crippen LogP contribution in [0, 0.1) is 5.92 Å². The molecule has 18 heavy (non-hydrogen) atoms. The fourth-order valence-corrected chi connectivity index (χ4v) is 3.15. The van der Waals surface area contributed by atoms with Crippen molar-refractivity contribution in [2.24, 2.45) is 5.92 Å². The Hall–Kier alpha value is -0.520. The Morgan fingerprint density at radius 1 is 1.22 bits per heavy atom. The molecule has 0 heterocycles. The summed E-state index contributed by atoms with van der Waals surface area (Å²) in [7, 11) is -3.11. The molecule has 0 bridgehead atoms. The fourth-order valence-electron chi connectivity index (χ4n) is 1.44. The molecule has 0 amide bonds. The molecular weight excluding hydrogens is 268 g/mol. The topological polar surface area (TPSA) is 54.4 Å². The minimum absolute atomic E-state index is 0.201. The van der Waals surface area contributed by atoms with Crippen LogP contribution in [0.2, 0.25) is 0 Å². The van der Waals surface area contributed by atoms with E-state index in [1.807, 2.05) is 19.1 Å². The summed E-state index contributed by atoms with van der Waals surface area (Å²) in [5, 5.41) is 9.26. The van der Waals surface area contributed by atoms with Crippen LogP contribution in [0.5, 0.6) is 0 Å². The smallest absolute Gasteiger partial charge is 0.175 e. The normalized spacial score (nSPS) is 15.3. The summed E-state index contributed by atoms with van der Waals surface area (Å²) >= 11 is 1.77. The van der Waals surface area contributed by atoms with Gasteiger partial charge in [0.15, 0.2) is 9.84 Å². The Balaban J connectivity index is 2.68. The molecule has 0 saturated carbocycles. The molecule has 0 aromatic heterocycles. The Kier molecular flexibility index (Phi) is 5.69. The fraction of sp³-hybridized carbons (Fsp3) is 0.538. The lowest BCUT2D eigenvalue weighted by atomic mass is 10.2. The first-order valence-electron chi connectivity index (χ1n) is 5.87. The average Bonchev–Trinajstić information content (AvgIpc) is 2.34. The predicted octanol–water partition coefficient (Wildman–Crippen LogP) is 2.51. The molecule has 5 heteroatoms. The second-order valence-corrected chi connectivity index (χ2v) is 7.99. The van der Waals surface area contributed by atoms with E-state index in [2.05, 4.69) is 6.92 Å². The lowest BCUT2D eigenvalue weighted by Gasteiger charge is -2.14. The predicted molar refractivity (Wildman–Crippen MR) is 76.7 cm³/mol. The first kappa shape index (κ1) is 15.5. The van der Waals surface area contributed by atoms with Gasteiger partial charge in [-0.2, -0.15) is 11.8 Å². The number of hydrogen-bond donors (Lipinski definition) is 1. The van der Waals surface area contributed by atoms with Crippen molar-refractivity contribution in [2.75, 3.05) is 18.6 Å². The molecule has 1 rings (SSSR count). The molecule has 1 aromatic rings. The molecule has 0 radical (unpaired) electrons. The standard InChI is InChI=1S/C13H20O3S2/c1-10(8-14)9-17-11(2)12-4-6-13(7-5-12)18(3,15)16/h4-7,10-11,14H,8-9H2,1-3H3/t10-,11-/m0/s1. The van der Waals surface area contributed by atoms with Crippen molar-refractivity contribution < 1.29 is 13.5 Å². The summed E-state index contributed by atoms with van der Waals surface area (Å²) in [6.07, 6.45) is 1.21. The zero-order valence-corrected chi connectivity index (χ0v) is 12.6. The van der Waals surface area contributed by atoms with Crippen LogP contribution in [-0.4, -0.2) is 32.1 Å². The molecule has 2 atom stereocenters. The van der Waals surface area contributed by atoms with Gasteiger partial charge in [-0.05, 0) is 36.3 Å². The summed E-state index contributed by atoms with van der Waals surface area (Å²) in [4.78, 5) is 0.354. The van der Waals surface area contributed by atoms with Crippen molar-refractivity contribution >= 4 is 21.6 Å². The van der Waals surface area contributed by atoms with E-state index >= 15 is 0 Å². The van der Waals surface area contributed by atoms with E-state index in [0.717, 1.165) is 11.3 Å². The van der Waals surface area contributed by atoms with Crippen LogP contribution < -0.4 is 0 Å². The summed E-state index contributed by atoms with van der Waals surface area (Å²) in [5.74, 6) is 1.18. The Morgan fingerprint density at radius 2 is 1.78 bits per heavy atom. The number of aliphatic hydroxyl groups is 1. The van der Waals surface area contributed by atoms with E-state index in [-0.39, 0.29) is 12.5 Å². The second kappa shape index (κ2) is 6.59. The summed E-state index contributed by atoms with van der Waals surface area (Å²) in [5.41, 5.74) is 1.11. The van der Waals surface area contributed by atoms with Gasteiger partial charge in [-0.1, -0.05) is 19.1 Å². The zero-order chi connectivity index (χ0) is 13.8. The van der Waals surface area contributed by atoms with Crippen molar-refractivity contribution in [1.82, 2.24) is 0 Å². The number of aliphatic hydroxyl groups excluding tert-OH is 1. The highest BCUT2D eigenvalue weighted by molar-refractivity contribution is 7.99. The lowest BCUT2D eigenvalue weighted by Crippen LogP contribution is -2.05. The van der Waals surface area contributed by atoms with E-state index in [1.54, 1.807) is 23.9 Å². The van der Waals surface area contributed by atoms with Gasteiger partial charge in [-0.15, -0.1) is 0 Å². The molecule has 1 N–H and O–H groups in total. The van der Waals surface area contributed by atoms with Crippen LogP contribution >= 0.6 is 11.8 Å². The maximum Gasteiger partial charge on any atom is 0.175 e. The monoisotopic (exact) mass is 288 g/mol. The van der Waals surface area contributed by atoms with Crippen LogP contribution in [0.4, 0.5) is 0 Å². The van der Waals surface area contributed by atoms with Gasteiger partial charge in [0, 0.05) is 18.1 Å². The first-order chi connectivity index (χ1) is 8.34. The van der Waals surface area contributed by atoms with Crippen LogP contribution in [0.25, 0.3) is 0 Å². The SMILES string of the molecule is C[C@@H](CO)CS[C@@H](C)c1ccc(S(C)(=O)=O)cc1. The minimum Gasteiger partial charge on any atom is -0.396 e. The van der Waals surface area contributed by atoms with Crippen molar-refractivity contribution in [3.05, 3.63) is 29.8 Å². The van der Waals surface area contributed by atoms with Crippen molar-refractivity contribution in [2.45, 2.75) is 24.0 Å². The Morgan fingerprint density at radius 3 is 2.22 bits per heavy atom.